The van der Waals surface area contributed by atoms with Gasteiger partial charge in [-0.05, 0) is 87.6 Å². The summed E-state index contributed by atoms with van der Waals surface area (Å²) in [7, 11) is 0. The Hall–Kier alpha value is -3.60. The summed E-state index contributed by atoms with van der Waals surface area (Å²) >= 11 is 0.831. The molecular weight excluding hydrogens is 530 g/mol. The number of carbonyl (C=O) groups is 3. The average molecular weight is 566 g/mol. The number of hydrogen-bond acceptors (Lipinski definition) is 7. The first-order chi connectivity index (χ1) is 19.2. The minimum atomic E-state index is -0.473. The summed E-state index contributed by atoms with van der Waals surface area (Å²) in [5.74, 6) is -0.677. The molecule has 3 aliphatic rings. The number of amides is 3. The number of carbonyl (C=O) groups excluding carboxylic acids is 3. The van der Waals surface area contributed by atoms with Crippen molar-refractivity contribution in [3.05, 3.63) is 56.2 Å². The van der Waals surface area contributed by atoms with Gasteiger partial charge in [-0.25, -0.2) is 0 Å². The Balaban J connectivity index is 1.37. The van der Waals surface area contributed by atoms with Crippen LogP contribution in [-0.4, -0.2) is 62.0 Å². The second kappa shape index (κ2) is 11.9. The van der Waals surface area contributed by atoms with Gasteiger partial charge in [0.25, 0.3) is 16.8 Å². The van der Waals surface area contributed by atoms with E-state index in [1.54, 1.807) is 23.1 Å². The molecule has 5 rings (SSSR count). The molecule has 3 fully saturated rings. The van der Waals surface area contributed by atoms with Crippen LogP contribution in [0.4, 0.5) is 16.2 Å². The Labute approximate surface area is 237 Å². The average Bonchev–Trinajstić information content (AvgIpc) is 3.38. The highest BCUT2D eigenvalue weighted by molar-refractivity contribution is 8.18. The van der Waals surface area contributed by atoms with Crippen LogP contribution in [-0.2, 0) is 9.59 Å². The predicted molar refractivity (Wildman–Crippen MR) is 156 cm³/mol. The predicted octanol–water partition coefficient (Wildman–Crippen LogP) is 5.80. The van der Waals surface area contributed by atoms with Crippen LogP contribution in [0.15, 0.2) is 29.2 Å². The molecule has 1 aromatic carbocycles. The highest BCUT2D eigenvalue weighted by Crippen LogP contribution is 2.35. The van der Waals surface area contributed by atoms with E-state index in [0.717, 1.165) is 78.6 Å². The van der Waals surface area contributed by atoms with Gasteiger partial charge in [0.05, 0.1) is 15.5 Å². The van der Waals surface area contributed by atoms with E-state index in [-0.39, 0.29) is 34.0 Å². The summed E-state index contributed by atoms with van der Waals surface area (Å²) in [6.45, 7) is 4.85. The zero-order valence-corrected chi connectivity index (χ0v) is 23.8. The van der Waals surface area contributed by atoms with E-state index >= 15 is 0 Å². The van der Waals surface area contributed by atoms with Crippen LogP contribution in [0.1, 0.15) is 68.3 Å². The molecule has 0 radical (unpaired) electrons. The van der Waals surface area contributed by atoms with Crippen LogP contribution < -0.4 is 5.32 Å². The van der Waals surface area contributed by atoms with Crippen LogP contribution in [0, 0.1) is 24.0 Å². The van der Waals surface area contributed by atoms with Crippen LogP contribution in [0.25, 0.3) is 11.8 Å². The number of anilines is 1. The summed E-state index contributed by atoms with van der Waals surface area (Å²) in [5, 5.41) is 14.9. The first-order valence-electron chi connectivity index (χ1n) is 14.0. The summed E-state index contributed by atoms with van der Waals surface area (Å²) in [6, 6.07) is 7.34. The molecule has 3 heterocycles. The molecule has 0 bridgehead atoms. The molecule has 1 saturated carbocycles. The molecule has 1 aliphatic carbocycles. The van der Waals surface area contributed by atoms with Crippen molar-refractivity contribution in [2.75, 3.05) is 25.0 Å². The molecule has 1 aromatic heterocycles. The van der Waals surface area contributed by atoms with Crippen molar-refractivity contribution in [1.29, 1.82) is 0 Å². The Kier molecular flexibility index (Phi) is 8.30. The minimum absolute atomic E-state index is 0.0246. The highest BCUT2D eigenvalue weighted by atomic mass is 32.2. The Bertz CT molecular complexity index is 1370. The minimum Gasteiger partial charge on any atom is -0.377 e. The van der Waals surface area contributed by atoms with Crippen molar-refractivity contribution in [3.63, 3.8) is 0 Å². The van der Waals surface area contributed by atoms with E-state index < -0.39 is 11.1 Å². The largest absolute Gasteiger partial charge is 0.377 e. The zero-order valence-electron chi connectivity index (χ0n) is 23.0. The quantitative estimate of drug-likeness (QED) is 0.256. The summed E-state index contributed by atoms with van der Waals surface area (Å²) < 4.78 is 1.91. The normalized spacial score (nSPS) is 19.5. The molecule has 10 nitrogen and oxygen atoms in total. The van der Waals surface area contributed by atoms with Gasteiger partial charge in [-0.2, -0.15) is 0 Å². The zero-order chi connectivity index (χ0) is 28.4. The van der Waals surface area contributed by atoms with Crippen LogP contribution in [0.2, 0.25) is 0 Å². The third-order valence-electron chi connectivity index (χ3n) is 8.03. The molecule has 212 valence electrons. The smallest absolute Gasteiger partial charge is 0.294 e. The van der Waals surface area contributed by atoms with Gasteiger partial charge in [-0.3, -0.25) is 29.4 Å². The van der Waals surface area contributed by atoms with E-state index in [1.807, 2.05) is 30.5 Å². The maximum Gasteiger partial charge on any atom is 0.294 e. The fraction of sp³-hybridized carbons (Fsp3) is 0.483. The SMILES string of the molecule is Cc1cc(/C=C2\SC(=O)N(CC(=O)N3CCCCC3)C2=O)c(C)n1-c1ccc(NC2CCCCC2)c([N+](=O)[O-])c1. The number of piperidine rings is 1. The van der Waals surface area contributed by atoms with Gasteiger partial charge in [0.15, 0.2) is 0 Å². The number of aromatic nitrogens is 1. The molecular formula is C29H35N5O5S. The molecule has 2 aliphatic heterocycles. The Morgan fingerprint density at radius 2 is 1.77 bits per heavy atom. The monoisotopic (exact) mass is 565 g/mol. The van der Waals surface area contributed by atoms with Gasteiger partial charge in [-0.1, -0.05) is 19.3 Å². The number of thioether (sulfide) groups is 1. The van der Waals surface area contributed by atoms with Gasteiger partial charge in [0.2, 0.25) is 5.91 Å². The third kappa shape index (κ3) is 5.79. The van der Waals surface area contributed by atoms with Crippen LogP contribution >= 0.6 is 11.8 Å². The molecule has 0 atom stereocenters. The number of nitrogens with one attached hydrogen (secondary N) is 1. The van der Waals surface area contributed by atoms with Gasteiger partial charge in [0.1, 0.15) is 12.2 Å². The maximum atomic E-state index is 13.1. The number of benzene rings is 1. The topological polar surface area (TPSA) is 118 Å². The second-order valence-electron chi connectivity index (χ2n) is 10.8. The number of likely N-dealkylation sites (tertiary alicyclic amines) is 1. The summed E-state index contributed by atoms with van der Waals surface area (Å²) in [5.41, 5.74) is 3.56. The fourth-order valence-electron chi connectivity index (χ4n) is 5.89. The molecule has 40 heavy (non-hydrogen) atoms. The third-order valence-corrected chi connectivity index (χ3v) is 8.94. The van der Waals surface area contributed by atoms with Crippen molar-refractivity contribution >= 4 is 46.3 Å². The first kappa shape index (κ1) is 27.9. The molecule has 3 amide bonds. The standard InChI is InChI=1S/C29H35N5O5S/c1-19-15-21(16-26-28(36)32(29(37)40-26)18-27(35)31-13-7-4-8-14-31)20(2)33(19)23-11-12-24(25(17-23)34(38)39)30-22-9-5-3-6-10-22/h11-12,15-17,22,30H,3-10,13-14,18H2,1-2H3/b26-16-. The fourth-order valence-corrected chi connectivity index (χ4v) is 6.72. The van der Waals surface area contributed by atoms with Crippen LogP contribution in [0.3, 0.4) is 0 Å². The number of imide groups is 1. The second-order valence-corrected chi connectivity index (χ2v) is 11.8. The molecule has 0 unspecified atom stereocenters. The molecule has 2 saturated heterocycles. The Morgan fingerprint density at radius 1 is 1.07 bits per heavy atom. The van der Waals surface area contributed by atoms with Gasteiger partial charge >= 0.3 is 0 Å². The number of hydrogen-bond donors (Lipinski definition) is 1. The number of aryl methyl sites for hydroxylation is 1. The van der Waals surface area contributed by atoms with E-state index in [1.165, 1.54) is 6.42 Å². The lowest BCUT2D eigenvalue weighted by Gasteiger charge is -2.27. The number of rotatable bonds is 7. The molecule has 2 aromatic rings. The van der Waals surface area contributed by atoms with E-state index in [9.17, 15) is 24.5 Å². The highest BCUT2D eigenvalue weighted by Gasteiger charge is 2.37. The van der Waals surface area contributed by atoms with Crippen molar-refractivity contribution in [1.82, 2.24) is 14.4 Å². The van der Waals surface area contributed by atoms with Gasteiger partial charge in [0, 0.05) is 36.6 Å². The van der Waals surface area contributed by atoms with E-state index in [2.05, 4.69) is 5.32 Å². The number of nitro groups is 1. The van der Waals surface area contributed by atoms with Crippen molar-refractivity contribution in [2.24, 2.45) is 0 Å². The Morgan fingerprint density at radius 3 is 2.48 bits per heavy atom. The maximum absolute atomic E-state index is 13.1. The van der Waals surface area contributed by atoms with Gasteiger partial charge < -0.3 is 14.8 Å². The number of nitrogens with zero attached hydrogens (tertiary/aromatic N) is 4. The lowest BCUT2D eigenvalue weighted by atomic mass is 9.95. The van der Waals surface area contributed by atoms with E-state index in [4.69, 9.17) is 0 Å². The van der Waals surface area contributed by atoms with Crippen molar-refractivity contribution in [2.45, 2.75) is 71.3 Å². The van der Waals surface area contributed by atoms with Crippen molar-refractivity contribution in [3.8, 4) is 5.69 Å². The molecule has 11 heteroatoms. The molecule has 1 N–H and O–H groups in total. The molecule has 0 spiro atoms. The van der Waals surface area contributed by atoms with Gasteiger partial charge in [-0.15, -0.1) is 0 Å². The first-order valence-corrected chi connectivity index (χ1v) is 14.8. The van der Waals surface area contributed by atoms with Crippen molar-refractivity contribution < 1.29 is 19.3 Å². The summed E-state index contributed by atoms with van der Waals surface area (Å²) in [6.07, 6.45) is 10.1. The number of nitro benzene ring substituents is 1. The van der Waals surface area contributed by atoms with Crippen LogP contribution in [0.5, 0.6) is 0 Å². The lowest BCUT2D eigenvalue weighted by molar-refractivity contribution is -0.384. The lowest BCUT2D eigenvalue weighted by Crippen LogP contribution is -2.44. The summed E-state index contributed by atoms with van der Waals surface area (Å²) in [4.78, 5) is 53.0. The van der Waals surface area contributed by atoms with E-state index in [0.29, 0.717) is 24.5 Å².